The van der Waals surface area contributed by atoms with Gasteiger partial charge in [0.15, 0.2) is 0 Å². The Labute approximate surface area is 126 Å². The van der Waals surface area contributed by atoms with Crippen LogP contribution in [0.3, 0.4) is 0 Å². The molecule has 1 heterocycles. The van der Waals surface area contributed by atoms with Gasteiger partial charge in [-0.05, 0) is 50.3 Å². The molecule has 1 aliphatic rings. The van der Waals surface area contributed by atoms with Gasteiger partial charge < -0.3 is 10.8 Å². The summed E-state index contributed by atoms with van der Waals surface area (Å²) >= 11 is 0. The van der Waals surface area contributed by atoms with E-state index in [1.807, 2.05) is 6.07 Å². The summed E-state index contributed by atoms with van der Waals surface area (Å²) in [6.45, 7) is 4.77. The smallest absolute Gasteiger partial charge is 0.243 e. The van der Waals surface area contributed by atoms with Gasteiger partial charge in [-0.3, -0.25) is 0 Å². The minimum Gasteiger partial charge on any atom is -0.390 e. The maximum Gasteiger partial charge on any atom is 0.243 e. The van der Waals surface area contributed by atoms with E-state index in [0.29, 0.717) is 49.4 Å². The number of nitrogens with zero attached hydrogens (tertiary/aromatic N) is 1. The van der Waals surface area contributed by atoms with Gasteiger partial charge in [0.1, 0.15) is 0 Å². The number of nitrogens with two attached hydrogens (primary N) is 1. The Morgan fingerprint density at radius 3 is 2.67 bits per heavy atom. The van der Waals surface area contributed by atoms with Crippen molar-refractivity contribution in [1.82, 2.24) is 4.31 Å². The maximum absolute atomic E-state index is 12.8. The van der Waals surface area contributed by atoms with Crippen molar-refractivity contribution in [2.75, 3.05) is 13.1 Å². The molecule has 0 bridgehead atoms. The predicted molar refractivity (Wildman–Crippen MR) is 82.3 cm³/mol. The fraction of sp³-hybridized carbons (Fsp3) is 0.600. The van der Waals surface area contributed by atoms with Gasteiger partial charge in [-0.1, -0.05) is 12.1 Å². The third kappa shape index (κ3) is 3.63. The molecule has 0 radical (unpaired) electrons. The van der Waals surface area contributed by atoms with E-state index in [4.69, 9.17) is 5.73 Å². The molecule has 0 amide bonds. The van der Waals surface area contributed by atoms with Crippen molar-refractivity contribution in [1.29, 1.82) is 0 Å². The highest BCUT2D eigenvalue weighted by molar-refractivity contribution is 7.89. The molecule has 1 aliphatic heterocycles. The highest BCUT2D eigenvalue weighted by Crippen LogP contribution is 2.27. The summed E-state index contributed by atoms with van der Waals surface area (Å²) < 4.78 is 27.1. The number of aliphatic hydroxyl groups is 1. The molecule has 2 rings (SSSR count). The third-order valence-corrected chi connectivity index (χ3v) is 6.17. The van der Waals surface area contributed by atoms with Crippen molar-refractivity contribution < 1.29 is 13.5 Å². The van der Waals surface area contributed by atoms with Crippen molar-refractivity contribution >= 4 is 10.0 Å². The van der Waals surface area contributed by atoms with E-state index in [9.17, 15) is 13.5 Å². The molecule has 1 fully saturated rings. The molecule has 0 aromatic heterocycles. The van der Waals surface area contributed by atoms with E-state index in [-0.39, 0.29) is 0 Å². The molecule has 0 saturated carbocycles. The Bertz CT molecular complexity index is 611. The van der Waals surface area contributed by atoms with Crippen molar-refractivity contribution in [2.24, 2.45) is 5.73 Å². The second-order valence-corrected chi connectivity index (χ2v) is 7.96. The quantitative estimate of drug-likeness (QED) is 0.883. The summed E-state index contributed by atoms with van der Waals surface area (Å²) in [6, 6.07) is 5.21. The zero-order chi connectivity index (χ0) is 15.7. The number of hydrogen-bond donors (Lipinski definition) is 2. The van der Waals surface area contributed by atoms with Gasteiger partial charge in [-0.2, -0.15) is 4.31 Å². The van der Waals surface area contributed by atoms with E-state index in [2.05, 4.69) is 0 Å². The van der Waals surface area contributed by atoms with E-state index in [1.54, 1.807) is 26.0 Å². The monoisotopic (exact) mass is 312 g/mol. The zero-order valence-electron chi connectivity index (χ0n) is 12.7. The molecule has 1 unspecified atom stereocenters. The highest BCUT2D eigenvalue weighted by atomic mass is 32.2. The van der Waals surface area contributed by atoms with Crippen molar-refractivity contribution in [2.45, 2.75) is 50.2 Å². The molecular formula is C15H24N2O3S. The second-order valence-electron chi connectivity index (χ2n) is 6.06. The second kappa shape index (κ2) is 6.04. The van der Waals surface area contributed by atoms with Crippen LogP contribution in [-0.2, 0) is 16.6 Å². The number of benzene rings is 1. The minimum absolute atomic E-state index is 0.334. The van der Waals surface area contributed by atoms with Gasteiger partial charge >= 0.3 is 0 Å². The Hall–Kier alpha value is -0.950. The molecule has 3 N–H and O–H groups in total. The summed E-state index contributed by atoms with van der Waals surface area (Å²) in [5.41, 5.74) is 6.45. The molecule has 118 valence electrons. The first kappa shape index (κ1) is 16.4. The minimum atomic E-state index is -3.51. The lowest BCUT2D eigenvalue weighted by Gasteiger charge is -2.23. The molecule has 6 heteroatoms. The molecule has 1 aromatic rings. The third-order valence-electron chi connectivity index (χ3n) is 4.12. The van der Waals surface area contributed by atoms with Gasteiger partial charge in [-0.25, -0.2) is 8.42 Å². The van der Waals surface area contributed by atoms with E-state index in [0.717, 1.165) is 5.56 Å². The van der Waals surface area contributed by atoms with Crippen LogP contribution in [0.5, 0.6) is 0 Å². The lowest BCUT2D eigenvalue weighted by Crippen LogP contribution is -2.34. The summed E-state index contributed by atoms with van der Waals surface area (Å²) in [5.74, 6) is 0. The predicted octanol–water partition coefficient (Wildman–Crippen LogP) is 1.38. The summed E-state index contributed by atoms with van der Waals surface area (Å²) in [4.78, 5) is 0.334. The average molecular weight is 312 g/mol. The highest BCUT2D eigenvalue weighted by Gasteiger charge is 2.32. The first-order chi connectivity index (χ1) is 9.76. The summed E-state index contributed by atoms with van der Waals surface area (Å²) in [6.07, 6.45) is 1.77. The van der Waals surface area contributed by atoms with E-state index >= 15 is 0 Å². The van der Waals surface area contributed by atoms with E-state index < -0.39 is 15.6 Å². The van der Waals surface area contributed by atoms with Gasteiger partial charge in [-0.15, -0.1) is 0 Å². The molecule has 1 aromatic carbocycles. The standard InChI is InChI=1S/C15H24N2O3S/c1-12-10-13(11-16)4-5-14(12)21(19,20)17-8-3-6-15(2,18)7-9-17/h4-5,10,18H,3,6-9,11,16H2,1-2H3. The largest absolute Gasteiger partial charge is 0.390 e. The van der Waals surface area contributed by atoms with Crippen LogP contribution >= 0.6 is 0 Å². The summed E-state index contributed by atoms with van der Waals surface area (Å²) in [5, 5.41) is 10.1. The Morgan fingerprint density at radius 2 is 2.05 bits per heavy atom. The van der Waals surface area contributed by atoms with Crippen LogP contribution < -0.4 is 5.73 Å². The Balaban J connectivity index is 2.29. The molecule has 1 atom stereocenters. The topological polar surface area (TPSA) is 83.6 Å². The Morgan fingerprint density at radius 1 is 1.33 bits per heavy atom. The lowest BCUT2D eigenvalue weighted by atomic mass is 9.98. The maximum atomic E-state index is 12.8. The zero-order valence-corrected chi connectivity index (χ0v) is 13.5. The van der Waals surface area contributed by atoms with Crippen molar-refractivity contribution in [3.05, 3.63) is 29.3 Å². The van der Waals surface area contributed by atoms with Gasteiger partial charge in [0.2, 0.25) is 10.0 Å². The van der Waals surface area contributed by atoms with Gasteiger partial charge in [0.05, 0.1) is 10.5 Å². The van der Waals surface area contributed by atoms with Crippen LogP contribution in [0.2, 0.25) is 0 Å². The fourth-order valence-corrected chi connectivity index (χ4v) is 4.43. The van der Waals surface area contributed by atoms with Crippen LogP contribution in [0, 0.1) is 6.92 Å². The first-order valence-electron chi connectivity index (χ1n) is 7.28. The van der Waals surface area contributed by atoms with Crippen molar-refractivity contribution in [3.63, 3.8) is 0 Å². The number of sulfonamides is 1. The molecule has 0 aliphatic carbocycles. The number of aryl methyl sites for hydroxylation is 1. The van der Waals surface area contributed by atoms with Crippen molar-refractivity contribution in [3.8, 4) is 0 Å². The molecule has 5 nitrogen and oxygen atoms in total. The van der Waals surface area contributed by atoms with Crippen LogP contribution in [0.15, 0.2) is 23.1 Å². The number of rotatable bonds is 3. The first-order valence-corrected chi connectivity index (χ1v) is 8.72. The van der Waals surface area contributed by atoms with Crippen LogP contribution in [-0.4, -0.2) is 36.5 Å². The van der Waals surface area contributed by atoms with E-state index in [1.165, 1.54) is 4.31 Å². The molecular weight excluding hydrogens is 288 g/mol. The molecule has 1 saturated heterocycles. The normalized spacial score (nSPS) is 24.8. The molecule has 21 heavy (non-hydrogen) atoms. The number of hydrogen-bond acceptors (Lipinski definition) is 4. The van der Waals surface area contributed by atoms with Gasteiger partial charge in [0.25, 0.3) is 0 Å². The molecule has 0 spiro atoms. The SMILES string of the molecule is Cc1cc(CN)ccc1S(=O)(=O)N1CCCC(C)(O)CC1. The van der Waals surface area contributed by atoms with Crippen LogP contribution in [0.4, 0.5) is 0 Å². The fourth-order valence-electron chi connectivity index (χ4n) is 2.75. The van der Waals surface area contributed by atoms with Crippen LogP contribution in [0.1, 0.15) is 37.3 Å². The Kier molecular flexibility index (Phi) is 4.72. The average Bonchev–Trinajstić information content (AvgIpc) is 2.59. The lowest BCUT2D eigenvalue weighted by molar-refractivity contribution is 0.0465. The summed E-state index contributed by atoms with van der Waals surface area (Å²) in [7, 11) is -3.51. The van der Waals surface area contributed by atoms with Crippen LogP contribution in [0.25, 0.3) is 0 Å². The van der Waals surface area contributed by atoms with Gasteiger partial charge in [0, 0.05) is 19.6 Å².